The molecule has 1 atom stereocenters. The van der Waals surface area contributed by atoms with E-state index < -0.39 is 0 Å². The van der Waals surface area contributed by atoms with Gasteiger partial charge in [-0.3, -0.25) is 0 Å². The van der Waals surface area contributed by atoms with E-state index in [-0.39, 0.29) is 6.04 Å². The molecule has 0 heterocycles. The van der Waals surface area contributed by atoms with E-state index in [1.165, 1.54) is 22.3 Å². The van der Waals surface area contributed by atoms with Crippen molar-refractivity contribution in [3.63, 3.8) is 0 Å². The Bertz CT molecular complexity index is 488. The summed E-state index contributed by atoms with van der Waals surface area (Å²) < 4.78 is 0. The smallest absolute Gasteiger partial charge is 0.0335 e. The molecule has 2 N–H and O–H groups in total. The van der Waals surface area contributed by atoms with Gasteiger partial charge in [-0.1, -0.05) is 54.1 Å². The second-order valence-electron chi connectivity index (χ2n) is 4.65. The third-order valence-electron chi connectivity index (χ3n) is 3.17. The van der Waals surface area contributed by atoms with Crippen molar-refractivity contribution in [2.45, 2.75) is 26.3 Å². The summed E-state index contributed by atoms with van der Waals surface area (Å²) in [6, 6.07) is 16.9. The molecule has 0 amide bonds. The molecule has 2 aromatic rings. The van der Waals surface area contributed by atoms with Gasteiger partial charge in [-0.2, -0.15) is 0 Å². The predicted octanol–water partition coefficient (Wildman–Crippen LogP) is 3.55. The van der Waals surface area contributed by atoms with Crippen LogP contribution in [0.5, 0.6) is 0 Å². The van der Waals surface area contributed by atoms with Crippen LogP contribution in [0.25, 0.3) is 0 Å². The van der Waals surface area contributed by atoms with Crippen molar-refractivity contribution in [3.8, 4) is 0 Å². The summed E-state index contributed by atoms with van der Waals surface area (Å²) in [5, 5.41) is 0. The summed E-state index contributed by atoms with van der Waals surface area (Å²) in [6.45, 7) is 4.27. The molecule has 0 aliphatic rings. The molecule has 1 nitrogen and oxygen atoms in total. The SMILES string of the molecule is Cc1ccc(CC(N)c2ccccc2)c(C)c1. The second kappa shape index (κ2) is 5.15. The van der Waals surface area contributed by atoms with Crippen molar-refractivity contribution in [3.05, 3.63) is 70.8 Å². The number of hydrogen-bond donors (Lipinski definition) is 1. The summed E-state index contributed by atoms with van der Waals surface area (Å²) in [7, 11) is 0. The Hall–Kier alpha value is -1.60. The highest BCUT2D eigenvalue weighted by molar-refractivity contribution is 5.32. The number of benzene rings is 2. The second-order valence-corrected chi connectivity index (χ2v) is 4.65. The van der Waals surface area contributed by atoms with E-state index in [2.05, 4.69) is 44.2 Å². The van der Waals surface area contributed by atoms with Gasteiger partial charge in [-0.25, -0.2) is 0 Å². The van der Waals surface area contributed by atoms with Crippen LogP contribution in [0.3, 0.4) is 0 Å². The van der Waals surface area contributed by atoms with Crippen LogP contribution >= 0.6 is 0 Å². The molecule has 0 aromatic heterocycles. The van der Waals surface area contributed by atoms with Crippen molar-refractivity contribution < 1.29 is 0 Å². The average molecular weight is 225 g/mol. The third kappa shape index (κ3) is 2.95. The fourth-order valence-corrected chi connectivity index (χ4v) is 2.13. The van der Waals surface area contributed by atoms with E-state index in [1.54, 1.807) is 0 Å². The quantitative estimate of drug-likeness (QED) is 0.849. The Morgan fingerprint density at radius 3 is 2.35 bits per heavy atom. The lowest BCUT2D eigenvalue weighted by Crippen LogP contribution is -2.13. The van der Waals surface area contributed by atoms with E-state index in [0.717, 1.165) is 6.42 Å². The lowest BCUT2D eigenvalue weighted by molar-refractivity contribution is 0.718. The molecule has 2 rings (SSSR count). The van der Waals surface area contributed by atoms with Crippen LogP contribution in [-0.4, -0.2) is 0 Å². The van der Waals surface area contributed by atoms with Gasteiger partial charge in [-0.05, 0) is 37.0 Å². The molecule has 0 saturated heterocycles. The van der Waals surface area contributed by atoms with Crippen LogP contribution in [0.1, 0.15) is 28.3 Å². The molecule has 0 aliphatic carbocycles. The summed E-state index contributed by atoms with van der Waals surface area (Å²) in [5.41, 5.74) is 11.4. The first-order valence-electron chi connectivity index (χ1n) is 6.03. The minimum Gasteiger partial charge on any atom is -0.324 e. The Balaban J connectivity index is 2.16. The zero-order chi connectivity index (χ0) is 12.3. The Morgan fingerprint density at radius 1 is 1.00 bits per heavy atom. The molecule has 2 aromatic carbocycles. The first kappa shape index (κ1) is 11.9. The van der Waals surface area contributed by atoms with E-state index in [0.29, 0.717) is 0 Å². The molecule has 0 bridgehead atoms. The average Bonchev–Trinajstić information content (AvgIpc) is 2.34. The van der Waals surface area contributed by atoms with Crippen LogP contribution in [0, 0.1) is 13.8 Å². The normalized spacial score (nSPS) is 12.4. The molecule has 88 valence electrons. The Morgan fingerprint density at radius 2 is 1.71 bits per heavy atom. The lowest BCUT2D eigenvalue weighted by Gasteiger charge is -2.14. The molecule has 0 fully saturated rings. The van der Waals surface area contributed by atoms with Gasteiger partial charge in [0.1, 0.15) is 0 Å². The third-order valence-corrected chi connectivity index (χ3v) is 3.17. The molecule has 0 radical (unpaired) electrons. The van der Waals surface area contributed by atoms with Gasteiger partial charge >= 0.3 is 0 Å². The molecule has 1 heteroatoms. The first-order chi connectivity index (χ1) is 8.16. The molecule has 17 heavy (non-hydrogen) atoms. The highest BCUT2D eigenvalue weighted by Gasteiger charge is 2.08. The van der Waals surface area contributed by atoms with Gasteiger partial charge in [-0.15, -0.1) is 0 Å². The maximum Gasteiger partial charge on any atom is 0.0335 e. The van der Waals surface area contributed by atoms with Crippen LogP contribution in [0.2, 0.25) is 0 Å². The van der Waals surface area contributed by atoms with Gasteiger partial charge in [0.05, 0.1) is 0 Å². The molecular formula is C16H19N. The number of nitrogens with two attached hydrogens (primary N) is 1. The number of aryl methyl sites for hydroxylation is 2. The minimum atomic E-state index is 0.0811. The van der Waals surface area contributed by atoms with Gasteiger partial charge < -0.3 is 5.73 Å². The van der Waals surface area contributed by atoms with Crippen molar-refractivity contribution in [1.29, 1.82) is 0 Å². The first-order valence-corrected chi connectivity index (χ1v) is 6.03. The molecule has 0 aliphatic heterocycles. The molecule has 0 spiro atoms. The molecule has 0 saturated carbocycles. The summed E-state index contributed by atoms with van der Waals surface area (Å²) >= 11 is 0. The Kier molecular flexibility index (Phi) is 3.60. The Labute approximate surface area is 103 Å². The predicted molar refractivity (Wildman–Crippen MR) is 73.0 cm³/mol. The van der Waals surface area contributed by atoms with Gasteiger partial charge in [0.2, 0.25) is 0 Å². The van der Waals surface area contributed by atoms with Crippen molar-refractivity contribution in [2.75, 3.05) is 0 Å². The number of rotatable bonds is 3. The summed E-state index contributed by atoms with van der Waals surface area (Å²) in [6.07, 6.45) is 0.899. The summed E-state index contributed by atoms with van der Waals surface area (Å²) in [4.78, 5) is 0. The maximum atomic E-state index is 6.23. The topological polar surface area (TPSA) is 26.0 Å². The lowest BCUT2D eigenvalue weighted by atomic mass is 9.96. The van der Waals surface area contributed by atoms with E-state index in [1.807, 2.05) is 18.2 Å². The zero-order valence-electron chi connectivity index (χ0n) is 10.5. The number of hydrogen-bond acceptors (Lipinski definition) is 1. The maximum absolute atomic E-state index is 6.23. The van der Waals surface area contributed by atoms with E-state index in [9.17, 15) is 0 Å². The van der Waals surface area contributed by atoms with Crippen LogP contribution in [0.15, 0.2) is 48.5 Å². The zero-order valence-corrected chi connectivity index (χ0v) is 10.5. The summed E-state index contributed by atoms with van der Waals surface area (Å²) in [5.74, 6) is 0. The van der Waals surface area contributed by atoms with Crippen LogP contribution in [0.4, 0.5) is 0 Å². The van der Waals surface area contributed by atoms with E-state index in [4.69, 9.17) is 5.73 Å². The van der Waals surface area contributed by atoms with Crippen molar-refractivity contribution in [1.82, 2.24) is 0 Å². The van der Waals surface area contributed by atoms with Gasteiger partial charge in [0.25, 0.3) is 0 Å². The van der Waals surface area contributed by atoms with Crippen molar-refractivity contribution in [2.24, 2.45) is 5.73 Å². The van der Waals surface area contributed by atoms with Gasteiger partial charge in [0, 0.05) is 6.04 Å². The monoisotopic (exact) mass is 225 g/mol. The largest absolute Gasteiger partial charge is 0.324 e. The van der Waals surface area contributed by atoms with E-state index >= 15 is 0 Å². The highest BCUT2D eigenvalue weighted by Crippen LogP contribution is 2.19. The molecular weight excluding hydrogens is 206 g/mol. The van der Waals surface area contributed by atoms with Gasteiger partial charge in [0.15, 0.2) is 0 Å². The van der Waals surface area contributed by atoms with Crippen LogP contribution in [-0.2, 0) is 6.42 Å². The fraction of sp³-hybridized carbons (Fsp3) is 0.250. The fourth-order valence-electron chi connectivity index (χ4n) is 2.13. The highest BCUT2D eigenvalue weighted by atomic mass is 14.6. The standard InChI is InChI=1S/C16H19N/c1-12-8-9-15(13(2)10-12)11-16(17)14-6-4-3-5-7-14/h3-10,16H,11,17H2,1-2H3. The van der Waals surface area contributed by atoms with Crippen LogP contribution < -0.4 is 5.73 Å². The minimum absolute atomic E-state index is 0.0811. The van der Waals surface area contributed by atoms with Crippen molar-refractivity contribution >= 4 is 0 Å². The molecule has 1 unspecified atom stereocenters.